The Labute approximate surface area is 122 Å². The van der Waals surface area contributed by atoms with Crippen LogP contribution >= 0.6 is 0 Å². The number of halogens is 1. The summed E-state index contributed by atoms with van der Waals surface area (Å²) < 4.78 is 20.3. The first-order chi connectivity index (χ1) is 10.1. The highest BCUT2D eigenvalue weighted by Crippen LogP contribution is 2.33. The molecule has 1 aromatic heterocycles. The van der Waals surface area contributed by atoms with Crippen LogP contribution in [0.1, 0.15) is 19.8 Å². The zero-order valence-corrected chi connectivity index (χ0v) is 11.9. The maximum absolute atomic E-state index is 13.2. The third kappa shape index (κ3) is 2.87. The van der Waals surface area contributed by atoms with E-state index in [4.69, 9.17) is 10.5 Å². The minimum atomic E-state index is -0.369. The van der Waals surface area contributed by atoms with Gasteiger partial charge in [-0.05, 0) is 46.9 Å². The summed E-state index contributed by atoms with van der Waals surface area (Å²) in [6.07, 6.45) is 1.93. The van der Waals surface area contributed by atoms with Gasteiger partial charge in [-0.2, -0.15) is 0 Å². The van der Waals surface area contributed by atoms with Gasteiger partial charge in [0.25, 0.3) is 0 Å². The Hall–Kier alpha value is -2.02. The van der Waals surface area contributed by atoms with Crippen molar-refractivity contribution in [1.82, 2.24) is 20.2 Å². The molecule has 0 amide bonds. The Morgan fingerprint density at radius 2 is 2.14 bits per heavy atom. The number of tetrazole rings is 1. The molecule has 0 unspecified atom stereocenters. The second-order valence-electron chi connectivity index (χ2n) is 5.81. The first-order valence-electron chi connectivity index (χ1n) is 6.97. The van der Waals surface area contributed by atoms with Gasteiger partial charge in [-0.25, -0.2) is 9.07 Å². The SMILES string of the molecule is CC1(Cn2nnnc2-c2ccc(F)cc2N)CCOCC1. The highest BCUT2D eigenvalue weighted by atomic mass is 19.1. The molecule has 7 heteroatoms. The van der Waals surface area contributed by atoms with Crippen molar-refractivity contribution in [2.24, 2.45) is 5.41 Å². The monoisotopic (exact) mass is 291 g/mol. The second-order valence-corrected chi connectivity index (χ2v) is 5.81. The van der Waals surface area contributed by atoms with E-state index in [2.05, 4.69) is 22.4 Å². The summed E-state index contributed by atoms with van der Waals surface area (Å²) in [7, 11) is 0. The topological polar surface area (TPSA) is 78.9 Å². The fraction of sp³-hybridized carbons (Fsp3) is 0.500. The summed E-state index contributed by atoms with van der Waals surface area (Å²) in [6, 6.07) is 4.25. The third-order valence-corrected chi connectivity index (χ3v) is 4.02. The standard InChI is InChI=1S/C14H18FN5O/c1-14(4-6-21-7-5-14)9-20-13(17-18-19-20)11-3-2-10(15)8-12(11)16/h2-3,8H,4-7,9,16H2,1H3. The molecule has 0 aliphatic carbocycles. The van der Waals surface area contributed by atoms with Gasteiger partial charge in [0, 0.05) is 24.5 Å². The molecule has 1 fully saturated rings. The van der Waals surface area contributed by atoms with Crippen molar-refractivity contribution in [3.63, 3.8) is 0 Å². The Balaban J connectivity index is 1.90. The molecular formula is C14H18FN5O. The number of hydrogen-bond donors (Lipinski definition) is 1. The van der Waals surface area contributed by atoms with E-state index in [0.29, 0.717) is 23.6 Å². The van der Waals surface area contributed by atoms with E-state index in [9.17, 15) is 4.39 Å². The number of nitrogens with two attached hydrogens (primary N) is 1. The van der Waals surface area contributed by atoms with Crippen molar-refractivity contribution in [3.8, 4) is 11.4 Å². The van der Waals surface area contributed by atoms with Crippen LogP contribution in [0.4, 0.5) is 10.1 Å². The Morgan fingerprint density at radius 3 is 2.86 bits per heavy atom. The van der Waals surface area contributed by atoms with Crippen LogP contribution in [0, 0.1) is 11.2 Å². The number of ether oxygens (including phenoxy) is 1. The zero-order chi connectivity index (χ0) is 14.9. The third-order valence-electron chi connectivity index (χ3n) is 4.02. The molecule has 3 rings (SSSR count). The van der Waals surface area contributed by atoms with E-state index in [1.807, 2.05) is 0 Å². The molecule has 2 N–H and O–H groups in total. The van der Waals surface area contributed by atoms with Crippen molar-refractivity contribution in [2.45, 2.75) is 26.3 Å². The lowest BCUT2D eigenvalue weighted by molar-refractivity contribution is 0.0138. The molecule has 0 spiro atoms. The molecule has 21 heavy (non-hydrogen) atoms. The first-order valence-corrected chi connectivity index (χ1v) is 6.97. The van der Waals surface area contributed by atoms with E-state index in [-0.39, 0.29) is 11.2 Å². The number of aromatic nitrogens is 4. The number of nitrogen functional groups attached to an aromatic ring is 1. The molecule has 1 aromatic carbocycles. The average Bonchev–Trinajstić information content (AvgIpc) is 2.87. The predicted molar refractivity (Wildman–Crippen MR) is 75.8 cm³/mol. The Morgan fingerprint density at radius 1 is 1.38 bits per heavy atom. The van der Waals surface area contributed by atoms with Crippen molar-refractivity contribution < 1.29 is 9.13 Å². The smallest absolute Gasteiger partial charge is 0.184 e. The number of anilines is 1. The maximum Gasteiger partial charge on any atom is 0.184 e. The summed E-state index contributed by atoms with van der Waals surface area (Å²) in [5, 5.41) is 11.8. The van der Waals surface area contributed by atoms with E-state index in [0.717, 1.165) is 26.1 Å². The van der Waals surface area contributed by atoms with Crippen LogP contribution in [0.3, 0.4) is 0 Å². The summed E-state index contributed by atoms with van der Waals surface area (Å²) in [6.45, 7) is 4.41. The minimum Gasteiger partial charge on any atom is -0.398 e. The summed E-state index contributed by atoms with van der Waals surface area (Å²) in [5.74, 6) is 0.201. The van der Waals surface area contributed by atoms with Gasteiger partial charge in [-0.1, -0.05) is 6.92 Å². The van der Waals surface area contributed by atoms with Crippen LogP contribution in [-0.2, 0) is 11.3 Å². The van der Waals surface area contributed by atoms with Crippen LogP contribution in [0.15, 0.2) is 18.2 Å². The second kappa shape index (κ2) is 5.40. The zero-order valence-electron chi connectivity index (χ0n) is 11.9. The van der Waals surface area contributed by atoms with Crippen LogP contribution in [0.25, 0.3) is 11.4 Å². The van der Waals surface area contributed by atoms with Crippen LogP contribution in [-0.4, -0.2) is 33.4 Å². The summed E-state index contributed by atoms with van der Waals surface area (Å²) in [5.41, 5.74) is 6.96. The van der Waals surface area contributed by atoms with Gasteiger partial charge >= 0.3 is 0 Å². The lowest BCUT2D eigenvalue weighted by atomic mass is 9.82. The quantitative estimate of drug-likeness (QED) is 0.873. The molecule has 2 aromatic rings. The number of nitrogens with zero attached hydrogens (tertiary/aromatic N) is 4. The predicted octanol–water partition coefficient (Wildman–Crippen LogP) is 1.88. The van der Waals surface area contributed by atoms with Gasteiger partial charge in [-0.3, -0.25) is 0 Å². The molecule has 0 atom stereocenters. The van der Waals surface area contributed by atoms with E-state index in [1.165, 1.54) is 12.1 Å². The van der Waals surface area contributed by atoms with Crippen LogP contribution in [0.5, 0.6) is 0 Å². The summed E-state index contributed by atoms with van der Waals surface area (Å²) >= 11 is 0. The van der Waals surface area contributed by atoms with Crippen molar-refractivity contribution in [2.75, 3.05) is 18.9 Å². The Bertz CT molecular complexity index is 636. The normalized spacial score (nSPS) is 17.8. The molecule has 0 bridgehead atoms. The lowest BCUT2D eigenvalue weighted by Crippen LogP contribution is -2.31. The highest BCUT2D eigenvalue weighted by molar-refractivity contribution is 5.71. The van der Waals surface area contributed by atoms with Gasteiger partial charge in [-0.15, -0.1) is 5.10 Å². The molecule has 1 saturated heterocycles. The Kier molecular flexibility index (Phi) is 3.59. The minimum absolute atomic E-state index is 0.0944. The van der Waals surface area contributed by atoms with Crippen LogP contribution < -0.4 is 5.73 Å². The highest BCUT2D eigenvalue weighted by Gasteiger charge is 2.29. The van der Waals surface area contributed by atoms with Gasteiger partial charge in [0.15, 0.2) is 5.82 Å². The molecule has 1 aliphatic rings. The van der Waals surface area contributed by atoms with E-state index < -0.39 is 0 Å². The number of hydrogen-bond acceptors (Lipinski definition) is 5. The molecule has 2 heterocycles. The molecular weight excluding hydrogens is 273 g/mol. The van der Waals surface area contributed by atoms with Crippen molar-refractivity contribution in [1.29, 1.82) is 0 Å². The van der Waals surface area contributed by atoms with Crippen molar-refractivity contribution >= 4 is 5.69 Å². The van der Waals surface area contributed by atoms with Gasteiger partial charge < -0.3 is 10.5 Å². The summed E-state index contributed by atoms with van der Waals surface area (Å²) in [4.78, 5) is 0. The first kappa shape index (κ1) is 13.9. The molecule has 0 saturated carbocycles. The number of rotatable bonds is 3. The fourth-order valence-corrected chi connectivity index (χ4v) is 2.63. The van der Waals surface area contributed by atoms with Gasteiger partial charge in [0.1, 0.15) is 5.82 Å². The maximum atomic E-state index is 13.2. The van der Waals surface area contributed by atoms with Crippen LogP contribution in [0.2, 0.25) is 0 Å². The average molecular weight is 291 g/mol. The number of benzene rings is 1. The van der Waals surface area contributed by atoms with Crippen molar-refractivity contribution in [3.05, 3.63) is 24.0 Å². The van der Waals surface area contributed by atoms with Gasteiger partial charge in [0.05, 0.1) is 6.54 Å². The molecule has 6 nitrogen and oxygen atoms in total. The molecule has 0 radical (unpaired) electrons. The molecule has 1 aliphatic heterocycles. The largest absolute Gasteiger partial charge is 0.398 e. The fourth-order valence-electron chi connectivity index (χ4n) is 2.63. The van der Waals surface area contributed by atoms with E-state index in [1.54, 1.807) is 10.7 Å². The molecule has 112 valence electrons. The van der Waals surface area contributed by atoms with E-state index >= 15 is 0 Å². The lowest BCUT2D eigenvalue weighted by Gasteiger charge is -2.33. The van der Waals surface area contributed by atoms with Gasteiger partial charge in [0.2, 0.25) is 0 Å².